The van der Waals surface area contributed by atoms with Crippen LogP contribution in [0.1, 0.15) is 0 Å². The summed E-state index contributed by atoms with van der Waals surface area (Å²) in [4.78, 5) is 1.93. The van der Waals surface area contributed by atoms with E-state index in [4.69, 9.17) is 11.6 Å². The molecule has 0 aromatic carbocycles. The van der Waals surface area contributed by atoms with Gasteiger partial charge in [0.1, 0.15) is 5.50 Å². The fraction of sp³-hybridized carbons (Fsp3) is 0.400. The van der Waals surface area contributed by atoms with Gasteiger partial charge in [-0.15, -0.1) is 11.6 Å². The molecule has 0 fully saturated rings. The zero-order chi connectivity index (χ0) is 5.28. The van der Waals surface area contributed by atoms with Crippen LogP contribution < -0.4 is 0 Å². The zero-order valence-electron chi connectivity index (χ0n) is 4.13. The Balaban J connectivity index is 2.45. The highest BCUT2D eigenvalue weighted by Crippen LogP contribution is 2.12. The lowest BCUT2D eigenvalue weighted by Gasteiger charge is -2.09. The molecule has 1 radical (unpaired) electrons. The normalized spacial score (nSPS) is 32.0. The van der Waals surface area contributed by atoms with Crippen molar-refractivity contribution in [2.75, 3.05) is 7.05 Å². The molecule has 0 spiro atoms. The van der Waals surface area contributed by atoms with Crippen molar-refractivity contribution in [3.05, 3.63) is 18.7 Å². The lowest BCUT2D eigenvalue weighted by molar-refractivity contribution is 0.457. The maximum atomic E-state index is 5.67. The summed E-state index contributed by atoms with van der Waals surface area (Å²) in [6.07, 6.45) is 3.87. The van der Waals surface area contributed by atoms with Gasteiger partial charge in [-0.05, 0) is 7.05 Å². The summed E-state index contributed by atoms with van der Waals surface area (Å²) >= 11 is 5.67. The molecule has 1 nitrogen and oxygen atoms in total. The Bertz CT molecular complexity index is 90.1. The van der Waals surface area contributed by atoms with E-state index in [1.54, 1.807) is 0 Å². The molecule has 0 aliphatic carbocycles. The van der Waals surface area contributed by atoms with Crippen molar-refractivity contribution in [2.24, 2.45) is 0 Å². The van der Waals surface area contributed by atoms with Gasteiger partial charge in [0.2, 0.25) is 0 Å². The summed E-state index contributed by atoms with van der Waals surface area (Å²) in [5.41, 5.74) is 0.0833. The van der Waals surface area contributed by atoms with E-state index in [0.29, 0.717) is 0 Å². The SMILES string of the molecule is CN1[CH]C=CC1Cl. The van der Waals surface area contributed by atoms with E-state index in [-0.39, 0.29) is 5.50 Å². The minimum atomic E-state index is 0.0833. The molecular formula is C5H7ClN. The number of alkyl halides is 1. The van der Waals surface area contributed by atoms with Gasteiger partial charge >= 0.3 is 0 Å². The average Bonchev–Trinajstić information content (AvgIpc) is 1.91. The number of hydrogen-bond donors (Lipinski definition) is 0. The molecule has 0 bridgehead atoms. The Morgan fingerprint density at radius 2 is 2.43 bits per heavy atom. The van der Waals surface area contributed by atoms with E-state index >= 15 is 0 Å². The van der Waals surface area contributed by atoms with Crippen LogP contribution in [0.15, 0.2) is 12.2 Å². The third kappa shape index (κ3) is 0.956. The fourth-order valence-electron chi connectivity index (χ4n) is 0.495. The van der Waals surface area contributed by atoms with E-state index in [0.717, 1.165) is 0 Å². The summed E-state index contributed by atoms with van der Waals surface area (Å²) in [5.74, 6) is 0. The number of halogens is 1. The Morgan fingerprint density at radius 1 is 1.71 bits per heavy atom. The summed E-state index contributed by atoms with van der Waals surface area (Å²) in [5, 5.41) is 0. The quantitative estimate of drug-likeness (QED) is 0.340. The van der Waals surface area contributed by atoms with Crippen molar-refractivity contribution in [3.8, 4) is 0 Å². The summed E-state index contributed by atoms with van der Waals surface area (Å²) in [7, 11) is 1.94. The molecule has 1 rings (SSSR count). The summed E-state index contributed by atoms with van der Waals surface area (Å²) < 4.78 is 0. The molecule has 0 aromatic rings. The number of nitrogens with zero attached hydrogens (tertiary/aromatic N) is 1. The van der Waals surface area contributed by atoms with Crippen LogP contribution in [-0.4, -0.2) is 17.4 Å². The molecule has 0 N–H and O–H groups in total. The van der Waals surface area contributed by atoms with Crippen LogP contribution in [0.2, 0.25) is 0 Å². The van der Waals surface area contributed by atoms with Gasteiger partial charge in [-0.1, -0.05) is 12.2 Å². The third-order valence-corrected chi connectivity index (χ3v) is 1.43. The maximum Gasteiger partial charge on any atom is 0.104 e. The number of hydrogen-bond acceptors (Lipinski definition) is 1. The molecule has 0 saturated heterocycles. The highest BCUT2D eigenvalue weighted by atomic mass is 35.5. The van der Waals surface area contributed by atoms with Crippen LogP contribution in [0.25, 0.3) is 0 Å². The Hall–Kier alpha value is -0.0100. The zero-order valence-corrected chi connectivity index (χ0v) is 4.89. The van der Waals surface area contributed by atoms with Crippen molar-refractivity contribution in [3.63, 3.8) is 0 Å². The van der Waals surface area contributed by atoms with Gasteiger partial charge in [0.05, 0.1) is 0 Å². The van der Waals surface area contributed by atoms with E-state index < -0.39 is 0 Å². The fourth-order valence-corrected chi connectivity index (χ4v) is 0.644. The Labute approximate surface area is 48.6 Å². The molecule has 1 atom stereocenters. The van der Waals surface area contributed by atoms with Crippen molar-refractivity contribution < 1.29 is 0 Å². The Morgan fingerprint density at radius 3 is 2.57 bits per heavy atom. The average molecular weight is 117 g/mol. The van der Waals surface area contributed by atoms with Crippen molar-refractivity contribution in [2.45, 2.75) is 5.50 Å². The lowest BCUT2D eigenvalue weighted by atomic mass is 10.6. The smallest absolute Gasteiger partial charge is 0.104 e. The van der Waals surface area contributed by atoms with Crippen molar-refractivity contribution in [1.29, 1.82) is 0 Å². The monoisotopic (exact) mass is 116 g/mol. The lowest BCUT2D eigenvalue weighted by Crippen LogP contribution is -2.16. The summed E-state index contributed by atoms with van der Waals surface area (Å²) in [6, 6.07) is 0. The van der Waals surface area contributed by atoms with Crippen LogP contribution in [-0.2, 0) is 0 Å². The molecule has 1 aliphatic rings. The Kier molecular flexibility index (Phi) is 1.35. The first-order chi connectivity index (χ1) is 3.30. The van der Waals surface area contributed by atoms with Crippen LogP contribution in [0, 0.1) is 6.54 Å². The first-order valence-corrected chi connectivity index (χ1v) is 2.62. The molecule has 1 unspecified atom stereocenters. The highest BCUT2D eigenvalue weighted by Gasteiger charge is 2.10. The number of likely N-dealkylation sites (N-methyl/N-ethyl adjacent to an activating group) is 1. The first kappa shape index (κ1) is 5.13. The van der Waals surface area contributed by atoms with E-state index in [2.05, 4.69) is 0 Å². The van der Waals surface area contributed by atoms with Gasteiger partial charge in [-0.2, -0.15) is 0 Å². The van der Waals surface area contributed by atoms with Gasteiger partial charge in [0, 0.05) is 6.54 Å². The molecule has 7 heavy (non-hydrogen) atoms. The molecule has 39 valence electrons. The molecule has 1 aliphatic heterocycles. The largest absolute Gasteiger partial charge is 0.279 e. The predicted octanol–water partition coefficient (Wildman–Crippen LogP) is 1.21. The van der Waals surface area contributed by atoms with E-state index in [1.807, 2.05) is 30.6 Å². The third-order valence-electron chi connectivity index (χ3n) is 0.980. The van der Waals surface area contributed by atoms with Crippen molar-refractivity contribution in [1.82, 2.24) is 4.90 Å². The predicted molar refractivity (Wildman–Crippen MR) is 30.8 cm³/mol. The topological polar surface area (TPSA) is 3.24 Å². The van der Waals surface area contributed by atoms with E-state index in [1.165, 1.54) is 0 Å². The van der Waals surface area contributed by atoms with E-state index in [9.17, 15) is 0 Å². The molecule has 0 saturated carbocycles. The van der Waals surface area contributed by atoms with Gasteiger partial charge in [-0.3, -0.25) is 4.90 Å². The number of rotatable bonds is 0. The first-order valence-electron chi connectivity index (χ1n) is 2.18. The molecule has 1 heterocycles. The van der Waals surface area contributed by atoms with Gasteiger partial charge in [0.25, 0.3) is 0 Å². The second-order valence-electron chi connectivity index (χ2n) is 1.57. The highest BCUT2D eigenvalue weighted by molar-refractivity contribution is 6.21. The second-order valence-corrected chi connectivity index (χ2v) is 2.02. The van der Waals surface area contributed by atoms with Gasteiger partial charge in [0.15, 0.2) is 0 Å². The maximum absolute atomic E-state index is 5.67. The van der Waals surface area contributed by atoms with Crippen LogP contribution >= 0.6 is 11.6 Å². The van der Waals surface area contributed by atoms with Crippen molar-refractivity contribution >= 4 is 11.6 Å². The van der Waals surface area contributed by atoms with Crippen LogP contribution in [0.3, 0.4) is 0 Å². The van der Waals surface area contributed by atoms with Crippen LogP contribution in [0.5, 0.6) is 0 Å². The van der Waals surface area contributed by atoms with Gasteiger partial charge < -0.3 is 0 Å². The minimum Gasteiger partial charge on any atom is -0.279 e. The van der Waals surface area contributed by atoms with Crippen LogP contribution in [0.4, 0.5) is 0 Å². The molecule has 0 amide bonds. The second kappa shape index (κ2) is 1.85. The van der Waals surface area contributed by atoms with Gasteiger partial charge in [-0.25, -0.2) is 0 Å². The molecule has 0 aromatic heterocycles. The molecule has 2 heteroatoms. The molecular weight excluding hydrogens is 110 g/mol. The standard InChI is InChI=1S/C5H7ClN/c1-7-4-2-3-5(7)6/h2-5H,1H3. The minimum absolute atomic E-state index is 0.0833. The summed E-state index contributed by atoms with van der Waals surface area (Å²) in [6.45, 7) is 1.94.